The maximum Gasteiger partial charge on any atom is 0.137 e. The lowest BCUT2D eigenvalue weighted by molar-refractivity contribution is -0.0368. The van der Waals surface area contributed by atoms with Crippen molar-refractivity contribution in [3.05, 3.63) is 90.8 Å². The number of aliphatic hydroxyl groups is 1. The van der Waals surface area contributed by atoms with E-state index in [0.29, 0.717) is 0 Å². The maximum atomic E-state index is 14.6. The van der Waals surface area contributed by atoms with Gasteiger partial charge in [0.05, 0.1) is 18.8 Å². The van der Waals surface area contributed by atoms with Gasteiger partial charge in [-0.25, -0.2) is 18.4 Å². The summed E-state index contributed by atoms with van der Waals surface area (Å²) in [5.74, 6) is -1.55. The largest absolute Gasteiger partial charge is 0.381 e. The SMILES string of the molecule is C[C@@H](n1cc(-c2ccccc2)cn1)[C@](O)(Cn1cncn1)c1ccc(F)cc1F. The zero-order chi connectivity index (χ0) is 20.4. The average molecular weight is 395 g/mol. The third kappa shape index (κ3) is 3.66. The van der Waals surface area contributed by atoms with Gasteiger partial charge in [0.25, 0.3) is 0 Å². The summed E-state index contributed by atoms with van der Waals surface area (Å²) >= 11 is 0. The van der Waals surface area contributed by atoms with E-state index >= 15 is 0 Å². The Hall–Kier alpha value is -3.39. The van der Waals surface area contributed by atoms with Crippen LogP contribution in [-0.4, -0.2) is 29.7 Å². The van der Waals surface area contributed by atoms with Crippen molar-refractivity contribution in [1.29, 1.82) is 0 Å². The first-order chi connectivity index (χ1) is 14.0. The van der Waals surface area contributed by atoms with Crippen LogP contribution in [0.2, 0.25) is 0 Å². The van der Waals surface area contributed by atoms with Crippen LogP contribution in [0.3, 0.4) is 0 Å². The molecule has 148 valence electrons. The van der Waals surface area contributed by atoms with Gasteiger partial charge in [0.1, 0.15) is 29.9 Å². The Kier molecular flexibility index (Phi) is 4.94. The molecule has 0 aliphatic heterocycles. The molecule has 2 heterocycles. The lowest BCUT2D eigenvalue weighted by Crippen LogP contribution is -2.40. The van der Waals surface area contributed by atoms with E-state index in [1.807, 2.05) is 30.3 Å². The fourth-order valence-electron chi connectivity index (χ4n) is 3.39. The van der Waals surface area contributed by atoms with Crippen LogP contribution >= 0.6 is 0 Å². The summed E-state index contributed by atoms with van der Waals surface area (Å²) in [6, 6.07) is 12.1. The molecule has 2 aromatic heterocycles. The minimum Gasteiger partial charge on any atom is -0.381 e. The molecule has 2 aromatic carbocycles. The monoisotopic (exact) mass is 395 g/mol. The van der Waals surface area contributed by atoms with Crippen LogP contribution in [0, 0.1) is 11.6 Å². The Morgan fingerprint density at radius 3 is 2.55 bits per heavy atom. The standard InChI is InChI=1S/C21H19F2N5O/c1-15(28-11-17(10-25-28)16-5-3-2-4-6-16)21(29,12-27-14-24-13-26-27)19-8-7-18(22)9-20(19)23/h2-11,13-15,29H,12H2,1H3/t15-,21-/m1/s1. The Morgan fingerprint density at radius 2 is 1.86 bits per heavy atom. The summed E-state index contributed by atoms with van der Waals surface area (Å²) in [7, 11) is 0. The van der Waals surface area contributed by atoms with E-state index in [2.05, 4.69) is 15.2 Å². The molecule has 4 rings (SSSR count). The molecule has 0 radical (unpaired) electrons. The molecule has 1 N–H and O–H groups in total. The van der Waals surface area contributed by atoms with Crippen LogP contribution in [0.4, 0.5) is 8.78 Å². The fourth-order valence-corrected chi connectivity index (χ4v) is 3.39. The van der Waals surface area contributed by atoms with E-state index in [0.717, 1.165) is 23.3 Å². The van der Waals surface area contributed by atoms with Crippen LogP contribution in [0.15, 0.2) is 73.6 Å². The number of nitrogens with zero attached hydrogens (tertiary/aromatic N) is 5. The molecule has 0 amide bonds. The molecule has 4 aromatic rings. The van der Waals surface area contributed by atoms with E-state index in [1.54, 1.807) is 24.0 Å². The summed E-state index contributed by atoms with van der Waals surface area (Å²) in [6.45, 7) is 1.64. The van der Waals surface area contributed by atoms with Gasteiger partial charge in [-0.05, 0) is 18.6 Å². The zero-order valence-electron chi connectivity index (χ0n) is 15.7. The van der Waals surface area contributed by atoms with Gasteiger partial charge in [-0.15, -0.1) is 0 Å². The lowest BCUT2D eigenvalue weighted by atomic mass is 9.86. The minimum absolute atomic E-state index is 0.0429. The van der Waals surface area contributed by atoms with Gasteiger partial charge in [-0.3, -0.25) is 4.68 Å². The second kappa shape index (κ2) is 7.56. The summed E-state index contributed by atoms with van der Waals surface area (Å²) in [5, 5.41) is 20.0. The smallest absolute Gasteiger partial charge is 0.137 e. The van der Waals surface area contributed by atoms with Crippen molar-refractivity contribution < 1.29 is 13.9 Å². The van der Waals surface area contributed by atoms with E-state index in [4.69, 9.17) is 0 Å². The second-order valence-corrected chi connectivity index (χ2v) is 6.89. The molecule has 8 heteroatoms. The van der Waals surface area contributed by atoms with Crippen molar-refractivity contribution in [2.45, 2.75) is 25.1 Å². The van der Waals surface area contributed by atoms with Crippen LogP contribution in [0.1, 0.15) is 18.5 Å². The van der Waals surface area contributed by atoms with Gasteiger partial charge < -0.3 is 5.11 Å². The fraction of sp³-hybridized carbons (Fsp3) is 0.190. The lowest BCUT2D eigenvalue weighted by Gasteiger charge is -2.34. The number of hydrogen-bond donors (Lipinski definition) is 1. The van der Waals surface area contributed by atoms with Crippen molar-refractivity contribution in [2.24, 2.45) is 0 Å². The van der Waals surface area contributed by atoms with E-state index < -0.39 is 23.3 Å². The van der Waals surface area contributed by atoms with Crippen LogP contribution in [0.25, 0.3) is 11.1 Å². The normalized spacial score (nSPS) is 14.5. The summed E-state index contributed by atoms with van der Waals surface area (Å²) in [5.41, 5.74) is 0.0309. The molecule has 0 bridgehead atoms. The van der Waals surface area contributed by atoms with Gasteiger partial charge in [0, 0.05) is 23.4 Å². The molecule has 0 unspecified atom stereocenters. The number of benzene rings is 2. The van der Waals surface area contributed by atoms with Crippen LogP contribution < -0.4 is 0 Å². The second-order valence-electron chi connectivity index (χ2n) is 6.89. The highest BCUT2D eigenvalue weighted by atomic mass is 19.1. The molecule has 0 fully saturated rings. The molecular weight excluding hydrogens is 376 g/mol. The van der Waals surface area contributed by atoms with Crippen molar-refractivity contribution >= 4 is 0 Å². The van der Waals surface area contributed by atoms with Gasteiger partial charge in [-0.2, -0.15) is 10.2 Å². The first-order valence-corrected chi connectivity index (χ1v) is 9.07. The van der Waals surface area contributed by atoms with Gasteiger partial charge in [0.15, 0.2) is 0 Å². The molecule has 0 aliphatic rings. The van der Waals surface area contributed by atoms with Crippen molar-refractivity contribution in [3.8, 4) is 11.1 Å². The Labute approximate surface area is 166 Å². The first kappa shape index (κ1) is 18.9. The first-order valence-electron chi connectivity index (χ1n) is 9.07. The minimum atomic E-state index is -1.76. The van der Waals surface area contributed by atoms with Gasteiger partial charge in [-0.1, -0.05) is 36.4 Å². The number of hydrogen-bond acceptors (Lipinski definition) is 4. The van der Waals surface area contributed by atoms with Crippen molar-refractivity contribution in [1.82, 2.24) is 24.5 Å². The number of rotatable bonds is 6. The summed E-state index contributed by atoms with van der Waals surface area (Å²) in [4.78, 5) is 3.88. The molecule has 29 heavy (non-hydrogen) atoms. The van der Waals surface area contributed by atoms with Crippen LogP contribution in [-0.2, 0) is 12.1 Å². The molecule has 0 spiro atoms. The molecule has 0 saturated heterocycles. The average Bonchev–Trinajstić information content (AvgIpc) is 3.40. The third-order valence-electron chi connectivity index (χ3n) is 5.06. The number of halogens is 2. The summed E-state index contributed by atoms with van der Waals surface area (Å²) in [6.07, 6.45) is 6.22. The van der Waals surface area contributed by atoms with Gasteiger partial charge >= 0.3 is 0 Å². The van der Waals surface area contributed by atoms with E-state index in [-0.39, 0.29) is 12.1 Å². The molecule has 0 saturated carbocycles. The van der Waals surface area contributed by atoms with Crippen molar-refractivity contribution in [2.75, 3.05) is 0 Å². The van der Waals surface area contributed by atoms with E-state index in [9.17, 15) is 13.9 Å². The highest BCUT2D eigenvalue weighted by Crippen LogP contribution is 2.37. The highest BCUT2D eigenvalue weighted by molar-refractivity contribution is 5.61. The molecular formula is C21H19F2N5O. The Bertz CT molecular complexity index is 1100. The zero-order valence-corrected chi connectivity index (χ0v) is 15.7. The Balaban J connectivity index is 1.75. The Morgan fingerprint density at radius 1 is 1.07 bits per heavy atom. The molecule has 6 nitrogen and oxygen atoms in total. The molecule has 0 aliphatic carbocycles. The topological polar surface area (TPSA) is 68.8 Å². The third-order valence-corrected chi connectivity index (χ3v) is 5.06. The molecule has 2 atom stereocenters. The number of aromatic nitrogens is 5. The van der Waals surface area contributed by atoms with Gasteiger partial charge in [0.2, 0.25) is 0 Å². The quantitative estimate of drug-likeness (QED) is 0.542. The van der Waals surface area contributed by atoms with Crippen LogP contribution in [0.5, 0.6) is 0 Å². The maximum absolute atomic E-state index is 14.6. The van der Waals surface area contributed by atoms with E-state index in [1.165, 1.54) is 23.4 Å². The highest BCUT2D eigenvalue weighted by Gasteiger charge is 2.40. The predicted molar refractivity (Wildman–Crippen MR) is 103 cm³/mol. The predicted octanol–water partition coefficient (Wildman–Crippen LogP) is 3.57. The summed E-state index contributed by atoms with van der Waals surface area (Å²) < 4.78 is 31.1. The van der Waals surface area contributed by atoms with Crippen molar-refractivity contribution in [3.63, 3.8) is 0 Å².